The molecule has 3 heteroatoms. The van der Waals surface area contributed by atoms with Gasteiger partial charge in [0, 0.05) is 10.6 Å². The lowest BCUT2D eigenvalue weighted by Gasteiger charge is -2.41. The van der Waals surface area contributed by atoms with Crippen LogP contribution in [-0.2, 0) is 0 Å². The molecule has 0 spiro atoms. The fraction of sp³-hybridized carbons (Fsp3) is 0.667. The lowest BCUT2D eigenvalue weighted by atomic mass is 9.66. The normalized spacial score (nSPS) is 30.5. The van der Waals surface area contributed by atoms with Gasteiger partial charge in [0.05, 0.1) is 12.5 Å². The summed E-state index contributed by atoms with van der Waals surface area (Å²) in [5.74, 6) is 3.27. The SMILES string of the molecule is COc1ccc(Cl)cc1C(Cl)C1CCC2CCCCC2C1. The Morgan fingerprint density at radius 1 is 1.10 bits per heavy atom. The molecule has 1 aromatic rings. The van der Waals surface area contributed by atoms with Gasteiger partial charge >= 0.3 is 0 Å². The van der Waals surface area contributed by atoms with E-state index in [9.17, 15) is 0 Å². The highest BCUT2D eigenvalue weighted by Crippen LogP contribution is 2.49. The smallest absolute Gasteiger partial charge is 0.123 e. The Kier molecular flexibility index (Phi) is 5.01. The zero-order chi connectivity index (χ0) is 14.8. The fourth-order valence-electron chi connectivity index (χ4n) is 4.35. The van der Waals surface area contributed by atoms with E-state index in [1.165, 1.54) is 44.9 Å². The summed E-state index contributed by atoms with van der Waals surface area (Å²) in [7, 11) is 1.70. The summed E-state index contributed by atoms with van der Waals surface area (Å²) >= 11 is 13.0. The van der Waals surface area contributed by atoms with Crippen LogP contribution in [0.1, 0.15) is 55.9 Å². The molecule has 1 nitrogen and oxygen atoms in total. The van der Waals surface area contributed by atoms with Gasteiger partial charge in [-0.2, -0.15) is 0 Å². The van der Waals surface area contributed by atoms with Gasteiger partial charge in [-0.15, -0.1) is 11.6 Å². The van der Waals surface area contributed by atoms with E-state index in [2.05, 4.69) is 0 Å². The van der Waals surface area contributed by atoms with Crippen molar-refractivity contribution >= 4 is 23.2 Å². The van der Waals surface area contributed by atoms with Gasteiger partial charge in [-0.25, -0.2) is 0 Å². The molecule has 21 heavy (non-hydrogen) atoms. The Morgan fingerprint density at radius 3 is 2.62 bits per heavy atom. The molecule has 4 unspecified atom stereocenters. The van der Waals surface area contributed by atoms with Crippen LogP contribution in [0.25, 0.3) is 0 Å². The number of halogens is 2. The number of hydrogen-bond donors (Lipinski definition) is 0. The van der Waals surface area contributed by atoms with Gasteiger partial charge in [0.1, 0.15) is 5.75 Å². The Bertz CT molecular complexity index is 488. The van der Waals surface area contributed by atoms with Gasteiger partial charge < -0.3 is 4.74 Å². The van der Waals surface area contributed by atoms with Crippen LogP contribution in [0.5, 0.6) is 5.75 Å². The van der Waals surface area contributed by atoms with Crippen molar-refractivity contribution in [3.63, 3.8) is 0 Å². The van der Waals surface area contributed by atoms with Crippen molar-refractivity contribution in [2.45, 2.75) is 50.3 Å². The van der Waals surface area contributed by atoms with Gasteiger partial charge in [-0.05, 0) is 55.2 Å². The Balaban J connectivity index is 1.76. The topological polar surface area (TPSA) is 9.23 Å². The average Bonchev–Trinajstić information content (AvgIpc) is 2.53. The minimum Gasteiger partial charge on any atom is -0.496 e. The highest BCUT2D eigenvalue weighted by atomic mass is 35.5. The Hall–Kier alpha value is -0.400. The molecule has 0 aliphatic heterocycles. The maximum atomic E-state index is 6.83. The fourth-order valence-corrected chi connectivity index (χ4v) is 4.93. The van der Waals surface area contributed by atoms with Crippen molar-refractivity contribution in [3.8, 4) is 5.75 Å². The number of benzene rings is 1. The zero-order valence-electron chi connectivity index (χ0n) is 12.7. The first kappa shape index (κ1) is 15.5. The predicted octanol–water partition coefficient (Wildman–Crippen LogP) is 6.24. The predicted molar refractivity (Wildman–Crippen MR) is 89.4 cm³/mol. The van der Waals surface area contributed by atoms with E-state index in [1.54, 1.807) is 7.11 Å². The van der Waals surface area contributed by atoms with E-state index < -0.39 is 0 Å². The summed E-state index contributed by atoms with van der Waals surface area (Å²) in [6, 6.07) is 5.77. The van der Waals surface area contributed by atoms with Crippen molar-refractivity contribution in [3.05, 3.63) is 28.8 Å². The van der Waals surface area contributed by atoms with Crippen molar-refractivity contribution in [1.29, 1.82) is 0 Å². The first-order chi connectivity index (χ1) is 10.2. The Labute approximate surface area is 138 Å². The number of hydrogen-bond acceptors (Lipinski definition) is 1. The third-order valence-corrected chi connectivity index (χ3v) is 6.31. The lowest BCUT2D eigenvalue weighted by molar-refractivity contribution is 0.127. The summed E-state index contributed by atoms with van der Waals surface area (Å²) in [4.78, 5) is 0. The van der Waals surface area contributed by atoms with Gasteiger partial charge in [-0.3, -0.25) is 0 Å². The molecule has 3 rings (SSSR count). The molecule has 2 fully saturated rings. The monoisotopic (exact) mass is 326 g/mol. The van der Waals surface area contributed by atoms with Crippen LogP contribution in [0.4, 0.5) is 0 Å². The van der Waals surface area contributed by atoms with Gasteiger partial charge in [0.15, 0.2) is 0 Å². The number of alkyl halides is 1. The summed E-state index contributed by atoms with van der Waals surface area (Å²) in [6.07, 6.45) is 9.53. The Morgan fingerprint density at radius 2 is 1.86 bits per heavy atom. The average molecular weight is 327 g/mol. The highest BCUT2D eigenvalue weighted by molar-refractivity contribution is 6.31. The quantitative estimate of drug-likeness (QED) is 0.598. The summed E-state index contributed by atoms with van der Waals surface area (Å²) in [6.45, 7) is 0. The molecular weight excluding hydrogens is 303 g/mol. The van der Waals surface area contributed by atoms with Crippen molar-refractivity contribution in [1.82, 2.24) is 0 Å². The molecule has 1 aromatic carbocycles. The molecular formula is C18H24Cl2O. The summed E-state index contributed by atoms with van der Waals surface area (Å²) in [5.41, 5.74) is 1.06. The molecule has 116 valence electrons. The van der Waals surface area contributed by atoms with Crippen molar-refractivity contribution < 1.29 is 4.74 Å². The second-order valence-corrected chi connectivity index (χ2v) is 7.57. The van der Waals surface area contributed by atoms with Crippen molar-refractivity contribution in [2.24, 2.45) is 17.8 Å². The zero-order valence-corrected chi connectivity index (χ0v) is 14.2. The molecule has 2 aliphatic rings. The van der Waals surface area contributed by atoms with E-state index in [0.717, 1.165) is 28.2 Å². The lowest BCUT2D eigenvalue weighted by Crippen LogP contribution is -2.29. The molecule has 0 radical (unpaired) electrons. The number of rotatable bonds is 3. The summed E-state index contributed by atoms with van der Waals surface area (Å²) < 4.78 is 5.48. The molecule has 0 bridgehead atoms. The number of ether oxygens (including phenoxy) is 1. The van der Waals surface area contributed by atoms with E-state index in [4.69, 9.17) is 27.9 Å². The molecule has 4 atom stereocenters. The standard InChI is InChI=1S/C18H24Cl2O/c1-21-17-9-8-15(19)11-16(17)18(20)14-7-6-12-4-2-3-5-13(12)10-14/h8-9,11-14,18H,2-7,10H2,1H3. The summed E-state index contributed by atoms with van der Waals surface area (Å²) in [5, 5.41) is 0.754. The maximum Gasteiger partial charge on any atom is 0.123 e. The van der Waals surface area contributed by atoms with Crippen LogP contribution >= 0.6 is 23.2 Å². The van der Waals surface area contributed by atoms with E-state index >= 15 is 0 Å². The van der Waals surface area contributed by atoms with Gasteiger partial charge in [0.2, 0.25) is 0 Å². The molecule has 0 aromatic heterocycles. The second-order valence-electron chi connectivity index (χ2n) is 6.67. The van der Waals surface area contributed by atoms with Crippen LogP contribution in [-0.4, -0.2) is 7.11 Å². The molecule has 0 amide bonds. The molecule has 0 N–H and O–H groups in total. The van der Waals surface area contributed by atoms with Crippen LogP contribution in [0, 0.1) is 17.8 Å². The number of fused-ring (bicyclic) bond motifs is 1. The first-order valence-corrected chi connectivity index (χ1v) is 8.98. The molecule has 0 saturated heterocycles. The van der Waals surface area contributed by atoms with Crippen molar-refractivity contribution in [2.75, 3.05) is 7.11 Å². The third-order valence-electron chi connectivity index (χ3n) is 5.48. The minimum atomic E-state index is 0.0153. The van der Waals surface area contributed by atoms with Gasteiger partial charge in [0.25, 0.3) is 0 Å². The van der Waals surface area contributed by atoms with E-state index in [-0.39, 0.29) is 5.38 Å². The molecule has 0 heterocycles. The molecule has 2 saturated carbocycles. The van der Waals surface area contributed by atoms with E-state index in [1.807, 2.05) is 18.2 Å². The second kappa shape index (κ2) is 6.79. The highest BCUT2D eigenvalue weighted by Gasteiger charge is 2.36. The minimum absolute atomic E-state index is 0.0153. The molecule has 2 aliphatic carbocycles. The van der Waals surface area contributed by atoms with Gasteiger partial charge in [-0.1, -0.05) is 37.3 Å². The van der Waals surface area contributed by atoms with Crippen LogP contribution in [0.3, 0.4) is 0 Å². The van der Waals surface area contributed by atoms with E-state index in [0.29, 0.717) is 5.92 Å². The largest absolute Gasteiger partial charge is 0.496 e. The van der Waals surface area contributed by atoms with Crippen LogP contribution < -0.4 is 4.74 Å². The van der Waals surface area contributed by atoms with Crippen LogP contribution in [0.2, 0.25) is 5.02 Å². The first-order valence-electron chi connectivity index (χ1n) is 8.16. The maximum absolute atomic E-state index is 6.83. The van der Waals surface area contributed by atoms with Crippen LogP contribution in [0.15, 0.2) is 18.2 Å². The third kappa shape index (κ3) is 3.35. The number of methoxy groups -OCH3 is 1.